The highest BCUT2D eigenvalue weighted by molar-refractivity contribution is 8.01. The van der Waals surface area contributed by atoms with E-state index in [-0.39, 0.29) is 10.7 Å². The lowest BCUT2D eigenvalue weighted by Crippen LogP contribution is -2.38. The summed E-state index contributed by atoms with van der Waals surface area (Å²) >= 11 is 1.51. The van der Waals surface area contributed by atoms with Gasteiger partial charge in [0.2, 0.25) is 0 Å². The molecule has 1 aliphatic rings. The monoisotopic (exact) mass is 358 g/mol. The van der Waals surface area contributed by atoms with Crippen molar-refractivity contribution in [1.82, 2.24) is 4.98 Å². The van der Waals surface area contributed by atoms with Crippen LogP contribution in [-0.2, 0) is 0 Å². The van der Waals surface area contributed by atoms with Crippen LogP contribution < -0.4 is 20.1 Å². The largest absolute Gasteiger partial charge is 0.497 e. The molecular formula is C18H22N4O2S. The summed E-state index contributed by atoms with van der Waals surface area (Å²) in [4.78, 5) is 6.39. The van der Waals surface area contributed by atoms with Gasteiger partial charge in [-0.15, -0.1) is 11.8 Å². The van der Waals surface area contributed by atoms with Gasteiger partial charge in [-0.1, -0.05) is 0 Å². The van der Waals surface area contributed by atoms with Crippen LogP contribution in [-0.4, -0.2) is 30.5 Å². The number of aryl methyl sites for hydroxylation is 1. The van der Waals surface area contributed by atoms with Gasteiger partial charge in [-0.25, -0.2) is 0 Å². The molecule has 7 heteroatoms. The summed E-state index contributed by atoms with van der Waals surface area (Å²) in [6.45, 7) is 3.94. The number of hydrogen-bond acceptors (Lipinski definition) is 6. The van der Waals surface area contributed by atoms with Crippen molar-refractivity contribution < 1.29 is 9.47 Å². The average Bonchev–Trinajstić information content (AvgIpc) is 2.90. The van der Waals surface area contributed by atoms with E-state index in [9.17, 15) is 0 Å². The number of benzene rings is 1. The summed E-state index contributed by atoms with van der Waals surface area (Å²) in [6, 6.07) is 7.55. The molecule has 0 amide bonds. The Labute approximate surface area is 151 Å². The highest BCUT2D eigenvalue weighted by Gasteiger charge is 2.39. The third-order valence-corrected chi connectivity index (χ3v) is 5.53. The molecule has 1 fully saturated rings. The molecule has 6 nitrogen and oxygen atoms in total. The van der Waals surface area contributed by atoms with Crippen molar-refractivity contribution in [3.8, 4) is 11.5 Å². The van der Waals surface area contributed by atoms with Gasteiger partial charge in [-0.3, -0.25) is 10.4 Å². The maximum Gasteiger partial charge on any atom is 0.132 e. The minimum atomic E-state index is -0.348. The molecule has 3 N–H and O–H groups in total. The van der Waals surface area contributed by atoms with E-state index < -0.39 is 0 Å². The molecule has 25 heavy (non-hydrogen) atoms. The topological polar surface area (TPSA) is 84.5 Å². The summed E-state index contributed by atoms with van der Waals surface area (Å²) in [5.41, 5.74) is 9.58. The number of anilines is 1. The molecule has 2 heterocycles. The average molecular weight is 358 g/mol. The minimum Gasteiger partial charge on any atom is -0.497 e. The first-order chi connectivity index (χ1) is 12.0. The standard InChI is InChI=1S/C18H22N4O2S/c1-10-9-21-14(11(2)15(10)24-4)16-17(19)22(18(20)25-16)12-5-7-13(23-3)8-6-12/h5-9,16,18-19H,20H2,1-4H3. The smallest absolute Gasteiger partial charge is 0.132 e. The number of pyridine rings is 1. The van der Waals surface area contributed by atoms with Crippen LogP contribution in [0.4, 0.5) is 5.69 Å². The number of ether oxygens (including phenoxy) is 2. The normalized spacial score (nSPS) is 20.0. The Hall–Kier alpha value is -2.25. The number of nitrogens with zero attached hydrogens (tertiary/aromatic N) is 2. The number of hydrogen-bond donors (Lipinski definition) is 2. The van der Waals surface area contributed by atoms with Crippen LogP contribution in [0.5, 0.6) is 11.5 Å². The third kappa shape index (κ3) is 3.05. The molecule has 2 aromatic rings. The van der Waals surface area contributed by atoms with Gasteiger partial charge in [0, 0.05) is 23.0 Å². The lowest BCUT2D eigenvalue weighted by atomic mass is 10.1. The van der Waals surface area contributed by atoms with Crippen molar-refractivity contribution in [2.75, 3.05) is 19.1 Å². The van der Waals surface area contributed by atoms with Gasteiger partial charge in [-0.2, -0.15) is 0 Å². The van der Waals surface area contributed by atoms with Gasteiger partial charge in [0.25, 0.3) is 0 Å². The quantitative estimate of drug-likeness (QED) is 0.873. The van der Waals surface area contributed by atoms with Gasteiger partial charge in [0.15, 0.2) is 0 Å². The molecule has 0 saturated carbocycles. The molecular weight excluding hydrogens is 336 g/mol. The molecule has 1 aromatic heterocycles. The van der Waals surface area contributed by atoms with Crippen molar-refractivity contribution in [2.24, 2.45) is 5.73 Å². The second kappa shape index (κ2) is 6.93. The Morgan fingerprint density at radius 1 is 1.16 bits per heavy atom. The fourth-order valence-electron chi connectivity index (χ4n) is 3.06. The highest BCUT2D eigenvalue weighted by atomic mass is 32.2. The number of amidine groups is 1. The minimum absolute atomic E-state index is 0.230. The predicted octanol–water partition coefficient (Wildman–Crippen LogP) is 3.23. The van der Waals surface area contributed by atoms with Crippen LogP contribution in [0.1, 0.15) is 22.1 Å². The maximum atomic E-state index is 8.66. The Morgan fingerprint density at radius 2 is 1.84 bits per heavy atom. The van der Waals surface area contributed by atoms with Crippen LogP contribution in [0.3, 0.4) is 0 Å². The van der Waals surface area contributed by atoms with Gasteiger partial charge >= 0.3 is 0 Å². The number of aromatic nitrogens is 1. The van der Waals surface area contributed by atoms with E-state index in [1.54, 1.807) is 20.4 Å². The molecule has 0 spiro atoms. The lowest BCUT2D eigenvalue weighted by Gasteiger charge is -2.23. The zero-order valence-electron chi connectivity index (χ0n) is 14.7. The molecule has 1 aromatic carbocycles. The van der Waals surface area contributed by atoms with Gasteiger partial charge in [0.05, 0.1) is 19.9 Å². The zero-order chi connectivity index (χ0) is 18.1. The summed E-state index contributed by atoms with van der Waals surface area (Å²) in [6.07, 6.45) is 1.79. The summed E-state index contributed by atoms with van der Waals surface area (Å²) < 4.78 is 10.7. The zero-order valence-corrected chi connectivity index (χ0v) is 15.6. The van der Waals surface area contributed by atoms with E-state index in [1.165, 1.54) is 11.8 Å². The van der Waals surface area contributed by atoms with E-state index in [2.05, 4.69) is 4.98 Å². The fourth-order valence-corrected chi connectivity index (χ4v) is 4.31. The Morgan fingerprint density at radius 3 is 2.44 bits per heavy atom. The molecule has 1 aliphatic heterocycles. The van der Waals surface area contributed by atoms with Crippen molar-refractivity contribution in [2.45, 2.75) is 24.6 Å². The SMILES string of the molecule is COc1ccc(N2C(=N)C(c3ncc(C)c(OC)c3C)SC2N)cc1. The van der Waals surface area contributed by atoms with Gasteiger partial charge in [0.1, 0.15) is 28.1 Å². The number of thioether (sulfide) groups is 1. The van der Waals surface area contributed by atoms with E-state index in [1.807, 2.05) is 43.0 Å². The summed E-state index contributed by atoms with van der Waals surface area (Å²) in [7, 11) is 3.28. The van der Waals surface area contributed by atoms with Crippen LogP contribution >= 0.6 is 11.8 Å². The van der Waals surface area contributed by atoms with E-state index in [0.717, 1.165) is 34.0 Å². The number of rotatable bonds is 4. The molecule has 132 valence electrons. The van der Waals surface area contributed by atoms with Crippen LogP contribution in [0.2, 0.25) is 0 Å². The van der Waals surface area contributed by atoms with Crippen molar-refractivity contribution in [3.05, 3.63) is 47.3 Å². The molecule has 0 bridgehead atoms. The van der Waals surface area contributed by atoms with E-state index in [0.29, 0.717) is 5.84 Å². The number of nitrogens with one attached hydrogen (secondary N) is 1. The van der Waals surface area contributed by atoms with Gasteiger partial charge < -0.3 is 20.1 Å². The van der Waals surface area contributed by atoms with Crippen molar-refractivity contribution in [1.29, 1.82) is 5.41 Å². The molecule has 2 unspecified atom stereocenters. The molecule has 3 rings (SSSR count). The van der Waals surface area contributed by atoms with Crippen molar-refractivity contribution in [3.63, 3.8) is 0 Å². The number of nitrogens with two attached hydrogens (primary N) is 1. The molecule has 2 atom stereocenters. The molecule has 1 saturated heterocycles. The summed E-state index contributed by atoms with van der Waals surface area (Å²) in [5, 5.41) is 8.43. The fraction of sp³-hybridized carbons (Fsp3) is 0.333. The number of methoxy groups -OCH3 is 2. The summed E-state index contributed by atoms with van der Waals surface area (Å²) in [5.74, 6) is 2.01. The second-order valence-corrected chi connectivity index (χ2v) is 7.07. The first kappa shape index (κ1) is 17.6. The van der Waals surface area contributed by atoms with Gasteiger partial charge in [-0.05, 0) is 38.1 Å². The Kier molecular flexibility index (Phi) is 4.87. The van der Waals surface area contributed by atoms with E-state index in [4.69, 9.17) is 20.6 Å². The van der Waals surface area contributed by atoms with Crippen LogP contribution in [0.15, 0.2) is 30.5 Å². The maximum absolute atomic E-state index is 8.66. The van der Waals surface area contributed by atoms with E-state index >= 15 is 0 Å². The second-order valence-electron chi connectivity index (χ2n) is 5.84. The molecule has 0 aliphatic carbocycles. The van der Waals surface area contributed by atoms with Crippen LogP contribution in [0, 0.1) is 19.3 Å². The first-order valence-electron chi connectivity index (χ1n) is 7.90. The first-order valence-corrected chi connectivity index (χ1v) is 8.85. The highest BCUT2D eigenvalue weighted by Crippen LogP contribution is 2.44. The van der Waals surface area contributed by atoms with Crippen molar-refractivity contribution >= 4 is 23.3 Å². The molecule has 0 radical (unpaired) electrons. The Bertz CT molecular complexity index is 794. The Balaban J connectivity index is 1.95. The van der Waals surface area contributed by atoms with Crippen LogP contribution in [0.25, 0.3) is 0 Å². The lowest BCUT2D eigenvalue weighted by molar-refractivity contribution is 0.407. The predicted molar refractivity (Wildman–Crippen MR) is 102 cm³/mol. The third-order valence-electron chi connectivity index (χ3n) is 4.32.